The first-order chi connectivity index (χ1) is 8.52. The lowest BCUT2D eigenvalue weighted by atomic mass is 9.80. The van der Waals surface area contributed by atoms with Gasteiger partial charge in [-0.15, -0.1) is 0 Å². The lowest BCUT2D eigenvalue weighted by Crippen LogP contribution is -2.61. The molecule has 18 heavy (non-hydrogen) atoms. The van der Waals surface area contributed by atoms with Gasteiger partial charge in [-0.05, 0) is 12.8 Å². The van der Waals surface area contributed by atoms with Crippen molar-refractivity contribution in [3.8, 4) is 0 Å². The van der Waals surface area contributed by atoms with E-state index in [1.54, 1.807) is 0 Å². The summed E-state index contributed by atoms with van der Waals surface area (Å²) in [5, 5.41) is 3.36. The molecule has 0 aromatic carbocycles. The second-order valence-electron chi connectivity index (χ2n) is 5.62. The number of nitrogens with zero attached hydrogens (tertiary/aromatic N) is 1. The van der Waals surface area contributed by atoms with E-state index in [1.807, 2.05) is 0 Å². The number of rotatable bonds is 4. The molecule has 1 heterocycles. The smallest absolute Gasteiger partial charge is 0.208 e. The summed E-state index contributed by atoms with van der Waals surface area (Å²) in [6.07, 6.45) is 7.21. The van der Waals surface area contributed by atoms with Gasteiger partial charge in [-0.25, -0.2) is 13.1 Å². The average molecular weight is 275 g/mol. The van der Waals surface area contributed by atoms with E-state index in [0.717, 1.165) is 39.0 Å². The van der Waals surface area contributed by atoms with Crippen LogP contribution < -0.4 is 10.0 Å². The number of hydrogen-bond acceptors (Lipinski definition) is 4. The fourth-order valence-electron chi connectivity index (χ4n) is 3.22. The van der Waals surface area contributed by atoms with E-state index in [0.29, 0.717) is 6.54 Å². The third-order valence-electron chi connectivity index (χ3n) is 4.24. The second-order valence-corrected chi connectivity index (χ2v) is 7.45. The van der Waals surface area contributed by atoms with Gasteiger partial charge < -0.3 is 5.32 Å². The fraction of sp³-hybridized carbons (Fsp3) is 1.00. The summed E-state index contributed by atoms with van der Waals surface area (Å²) in [7, 11) is -3.09. The molecule has 1 saturated heterocycles. The summed E-state index contributed by atoms with van der Waals surface area (Å²) < 4.78 is 25.5. The number of piperazine rings is 1. The highest BCUT2D eigenvalue weighted by atomic mass is 32.2. The van der Waals surface area contributed by atoms with Crippen LogP contribution >= 0.6 is 0 Å². The summed E-state index contributed by atoms with van der Waals surface area (Å²) in [6.45, 7) is 4.67. The van der Waals surface area contributed by atoms with E-state index in [1.165, 1.54) is 25.5 Å². The Morgan fingerprint density at radius 1 is 1.17 bits per heavy atom. The summed E-state index contributed by atoms with van der Waals surface area (Å²) >= 11 is 0. The van der Waals surface area contributed by atoms with Gasteiger partial charge in [-0.1, -0.05) is 19.3 Å². The second kappa shape index (κ2) is 5.86. The van der Waals surface area contributed by atoms with Crippen LogP contribution in [0.15, 0.2) is 0 Å². The minimum atomic E-state index is -3.09. The monoisotopic (exact) mass is 275 g/mol. The van der Waals surface area contributed by atoms with E-state index in [2.05, 4.69) is 14.9 Å². The van der Waals surface area contributed by atoms with Crippen molar-refractivity contribution in [2.45, 2.75) is 37.6 Å². The molecule has 2 aliphatic rings. The first-order valence-electron chi connectivity index (χ1n) is 6.92. The van der Waals surface area contributed by atoms with Crippen LogP contribution in [0.1, 0.15) is 32.1 Å². The summed E-state index contributed by atoms with van der Waals surface area (Å²) in [4.78, 5) is 2.50. The molecule has 0 unspecified atom stereocenters. The highest BCUT2D eigenvalue weighted by molar-refractivity contribution is 7.88. The van der Waals surface area contributed by atoms with Gasteiger partial charge in [0.15, 0.2) is 0 Å². The lowest BCUT2D eigenvalue weighted by Gasteiger charge is -2.48. The summed E-state index contributed by atoms with van der Waals surface area (Å²) in [6, 6.07) is 0. The Morgan fingerprint density at radius 2 is 1.78 bits per heavy atom. The van der Waals surface area contributed by atoms with Gasteiger partial charge in [0.05, 0.1) is 6.26 Å². The zero-order valence-electron chi connectivity index (χ0n) is 11.2. The van der Waals surface area contributed by atoms with Crippen LogP contribution in [0.4, 0.5) is 0 Å². The Morgan fingerprint density at radius 3 is 2.33 bits per heavy atom. The van der Waals surface area contributed by atoms with Crippen LogP contribution in [-0.4, -0.2) is 57.8 Å². The zero-order chi connectivity index (χ0) is 13.1. The van der Waals surface area contributed by atoms with E-state index in [-0.39, 0.29) is 5.54 Å². The van der Waals surface area contributed by atoms with Gasteiger partial charge in [0.1, 0.15) is 0 Å². The molecule has 0 radical (unpaired) electrons. The van der Waals surface area contributed by atoms with E-state index in [4.69, 9.17) is 0 Å². The van der Waals surface area contributed by atoms with Crippen molar-refractivity contribution in [1.82, 2.24) is 14.9 Å². The van der Waals surface area contributed by atoms with Crippen molar-refractivity contribution in [2.24, 2.45) is 0 Å². The summed E-state index contributed by atoms with van der Waals surface area (Å²) in [5.41, 5.74) is 0.0590. The number of sulfonamides is 1. The Bertz CT molecular complexity index is 358. The maximum absolute atomic E-state index is 11.4. The molecule has 0 aromatic rings. The molecule has 1 saturated carbocycles. The van der Waals surface area contributed by atoms with E-state index >= 15 is 0 Å². The van der Waals surface area contributed by atoms with Gasteiger partial charge in [0.25, 0.3) is 0 Å². The molecule has 0 aromatic heterocycles. The minimum absolute atomic E-state index is 0.0590. The number of hydrogen-bond donors (Lipinski definition) is 2. The molecule has 106 valence electrons. The number of nitrogens with one attached hydrogen (secondary N) is 2. The molecule has 2 fully saturated rings. The molecule has 0 spiro atoms. The van der Waals surface area contributed by atoms with Gasteiger partial charge >= 0.3 is 0 Å². The van der Waals surface area contributed by atoms with Crippen molar-refractivity contribution in [2.75, 3.05) is 39.0 Å². The molecule has 5 nitrogen and oxygen atoms in total. The predicted molar refractivity (Wildman–Crippen MR) is 73.1 cm³/mol. The quantitative estimate of drug-likeness (QED) is 0.766. The van der Waals surface area contributed by atoms with E-state index in [9.17, 15) is 8.42 Å². The lowest BCUT2D eigenvalue weighted by molar-refractivity contribution is 0.0434. The zero-order valence-corrected chi connectivity index (χ0v) is 12.1. The third kappa shape index (κ3) is 3.66. The highest BCUT2D eigenvalue weighted by Gasteiger charge is 2.38. The van der Waals surface area contributed by atoms with Gasteiger partial charge in [-0.2, -0.15) is 0 Å². The molecule has 0 amide bonds. The Hall–Kier alpha value is -0.170. The standard InChI is InChI=1S/C12H25N3O2S/c1-18(16,17)14-11-12(5-3-2-4-6-12)15-9-7-13-8-10-15/h13-14H,2-11H2,1H3. The SMILES string of the molecule is CS(=O)(=O)NCC1(N2CCNCC2)CCCCC1. The first-order valence-corrected chi connectivity index (χ1v) is 8.81. The fourth-order valence-corrected chi connectivity index (χ4v) is 3.75. The molecule has 1 aliphatic heterocycles. The Kier molecular flexibility index (Phi) is 4.64. The van der Waals surface area contributed by atoms with Crippen molar-refractivity contribution in [1.29, 1.82) is 0 Å². The molecule has 2 N–H and O–H groups in total. The first kappa shape index (κ1) is 14.2. The highest BCUT2D eigenvalue weighted by Crippen LogP contribution is 2.33. The minimum Gasteiger partial charge on any atom is -0.314 e. The molecule has 2 rings (SSSR count). The van der Waals surface area contributed by atoms with Crippen LogP contribution in [0.25, 0.3) is 0 Å². The van der Waals surface area contributed by atoms with Crippen molar-refractivity contribution < 1.29 is 8.42 Å². The molecule has 1 aliphatic carbocycles. The van der Waals surface area contributed by atoms with Gasteiger partial charge in [-0.3, -0.25) is 4.90 Å². The molecular weight excluding hydrogens is 250 g/mol. The van der Waals surface area contributed by atoms with Crippen molar-refractivity contribution >= 4 is 10.0 Å². The van der Waals surface area contributed by atoms with Gasteiger partial charge in [0.2, 0.25) is 10.0 Å². The molecule has 0 bridgehead atoms. The summed E-state index contributed by atoms with van der Waals surface area (Å²) in [5.74, 6) is 0. The largest absolute Gasteiger partial charge is 0.314 e. The topological polar surface area (TPSA) is 61.4 Å². The Balaban J connectivity index is 2.06. The Labute approximate surface area is 110 Å². The van der Waals surface area contributed by atoms with Crippen LogP contribution in [0.3, 0.4) is 0 Å². The average Bonchev–Trinajstić information content (AvgIpc) is 2.38. The van der Waals surface area contributed by atoms with Crippen LogP contribution in [0.5, 0.6) is 0 Å². The van der Waals surface area contributed by atoms with E-state index < -0.39 is 10.0 Å². The predicted octanol–water partition coefficient (Wildman–Crippen LogP) is 0.144. The van der Waals surface area contributed by atoms with Crippen LogP contribution in [0, 0.1) is 0 Å². The van der Waals surface area contributed by atoms with Gasteiger partial charge in [0, 0.05) is 38.3 Å². The van der Waals surface area contributed by atoms with Crippen molar-refractivity contribution in [3.63, 3.8) is 0 Å². The van der Waals surface area contributed by atoms with Crippen LogP contribution in [-0.2, 0) is 10.0 Å². The molecular formula is C12H25N3O2S. The third-order valence-corrected chi connectivity index (χ3v) is 4.90. The van der Waals surface area contributed by atoms with Crippen molar-refractivity contribution in [3.05, 3.63) is 0 Å². The normalized spacial score (nSPS) is 26.1. The maximum Gasteiger partial charge on any atom is 0.208 e. The van der Waals surface area contributed by atoms with Crippen LogP contribution in [0.2, 0.25) is 0 Å². The maximum atomic E-state index is 11.4. The molecule has 0 atom stereocenters. The molecule has 6 heteroatoms.